The Labute approximate surface area is 151 Å². The molecule has 4 N–H and O–H groups in total. The highest BCUT2D eigenvalue weighted by atomic mass is 19.1. The smallest absolute Gasteiger partial charge is 0.213 e. The number of methoxy groups -OCH3 is 1. The number of likely N-dealkylation sites (tertiary alicyclic amines) is 1. The molecule has 1 aliphatic rings. The quantitative estimate of drug-likeness (QED) is 0.685. The van der Waals surface area contributed by atoms with Crippen LogP contribution in [0.2, 0.25) is 0 Å². The summed E-state index contributed by atoms with van der Waals surface area (Å²) < 4.78 is 19.8. The van der Waals surface area contributed by atoms with E-state index in [4.69, 9.17) is 10.5 Å². The number of aromatic nitrogens is 2. The van der Waals surface area contributed by atoms with Crippen molar-refractivity contribution in [3.05, 3.63) is 29.7 Å². The first-order valence-electron chi connectivity index (χ1n) is 8.76. The monoisotopic (exact) mass is 364 g/mol. The number of aliphatic hydroxyl groups is 2. The Balaban J connectivity index is 1.91. The fourth-order valence-corrected chi connectivity index (χ4v) is 3.58. The first-order chi connectivity index (χ1) is 12.6. The van der Waals surface area contributed by atoms with E-state index in [1.807, 2.05) is 0 Å². The number of aliphatic hydroxyl groups excluding tert-OH is 2. The average molecular weight is 364 g/mol. The molecule has 2 aromatic rings. The number of piperidine rings is 1. The SMILES string of the molecule is COc1ccc2ncc(F)c(C(CO)CN3CC[C@H](N)[C@H](CO)C3)c2n1. The highest BCUT2D eigenvalue weighted by Crippen LogP contribution is 2.29. The van der Waals surface area contributed by atoms with Crippen LogP contribution in [0.4, 0.5) is 4.39 Å². The van der Waals surface area contributed by atoms with Gasteiger partial charge in [-0.2, -0.15) is 0 Å². The van der Waals surface area contributed by atoms with Crippen molar-refractivity contribution in [1.82, 2.24) is 14.9 Å². The van der Waals surface area contributed by atoms with Crippen LogP contribution >= 0.6 is 0 Å². The second-order valence-electron chi connectivity index (χ2n) is 6.78. The molecule has 1 saturated heterocycles. The summed E-state index contributed by atoms with van der Waals surface area (Å²) in [6.45, 7) is 1.62. The summed E-state index contributed by atoms with van der Waals surface area (Å²) in [5.74, 6) is -0.606. The summed E-state index contributed by atoms with van der Waals surface area (Å²) in [6.07, 6.45) is 1.92. The Morgan fingerprint density at radius 2 is 2.23 bits per heavy atom. The summed E-state index contributed by atoms with van der Waals surface area (Å²) in [5.41, 5.74) is 7.32. The minimum atomic E-state index is -0.496. The van der Waals surface area contributed by atoms with Crippen LogP contribution < -0.4 is 10.5 Å². The zero-order valence-corrected chi connectivity index (χ0v) is 14.8. The molecule has 0 bridgehead atoms. The van der Waals surface area contributed by atoms with Gasteiger partial charge in [-0.3, -0.25) is 4.98 Å². The highest BCUT2D eigenvalue weighted by molar-refractivity contribution is 5.79. The predicted octanol–water partition coefficient (Wildman–Crippen LogP) is 0.495. The topological polar surface area (TPSA) is 105 Å². The summed E-state index contributed by atoms with van der Waals surface area (Å²) >= 11 is 0. The van der Waals surface area contributed by atoms with Crippen molar-refractivity contribution in [2.45, 2.75) is 18.4 Å². The number of nitrogens with two attached hydrogens (primary N) is 1. The number of ether oxygens (including phenoxy) is 1. The lowest BCUT2D eigenvalue weighted by molar-refractivity contribution is 0.0923. The van der Waals surface area contributed by atoms with Crippen LogP contribution in [-0.4, -0.2) is 71.1 Å². The van der Waals surface area contributed by atoms with Crippen molar-refractivity contribution in [3.8, 4) is 5.88 Å². The molecule has 142 valence electrons. The van der Waals surface area contributed by atoms with Crippen LogP contribution in [0, 0.1) is 11.7 Å². The van der Waals surface area contributed by atoms with Gasteiger partial charge < -0.3 is 25.6 Å². The molecule has 0 aromatic carbocycles. The normalized spacial score (nSPS) is 22.5. The van der Waals surface area contributed by atoms with E-state index in [1.54, 1.807) is 12.1 Å². The summed E-state index contributed by atoms with van der Waals surface area (Å²) in [5, 5.41) is 19.4. The molecule has 7 nitrogen and oxygen atoms in total. The van der Waals surface area contributed by atoms with E-state index in [1.165, 1.54) is 7.11 Å². The van der Waals surface area contributed by atoms with Crippen LogP contribution in [0.15, 0.2) is 18.3 Å². The van der Waals surface area contributed by atoms with Crippen molar-refractivity contribution in [3.63, 3.8) is 0 Å². The Kier molecular flexibility index (Phi) is 5.98. The van der Waals surface area contributed by atoms with Gasteiger partial charge in [-0.25, -0.2) is 9.37 Å². The van der Waals surface area contributed by atoms with Crippen molar-refractivity contribution < 1.29 is 19.3 Å². The van der Waals surface area contributed by atoms with Gasteiger partial charge >= 0.3 is 0 Å². The second-order valence-corrected chi connectivity index (χ2v) is 6.78. The van der Waals surface area contributed by atoms with Crippen molar-refractivity contribution >= 4 is 11.0 Å². The number of rotatable bonds is 6. The molecule has 3 rings (SSSR count). The Morgan fingerprint density at radius 1 is 1.42 bits per heavy atom. The lowest BCUT2D eigenvalue weighted by Crippen LogP contribution is -2.49. The first-order valence-corrected chi connectivity index (χ1v) is 8.76. The Morgan fingerprint density at radius 3 is 2.92 bits per heavy atom. The fourth-order valence-electron chi connectivity index (χ4n) is 3.58. The third kappa shape index (κ3) is 3.78. The molecular weight excluding hydrogens is 339 g/mol. The molecule has 3 heterocycles. The minimum absolute atomic E-state index is 0.0136. The number of hydrogen-bond donors (Lipinski definition) is 3. The van der Waals surface area contributed by atoms with Gasteiger partial charge in [0.15, 0.2) is 0 Å². The molecule has 0 aliphatic carbocycles. The average Bonchev–Trinajstić information content (AvgIpc) is 2.67. The third-order valence-electron chi connectivity index (χ3n) is 5.11. The summed E-state index contributed by atoms with van der Waals surface area (Å²) in [7, 11) is 1.50. The van der Waals surface area contributed by atoms with Gasteiger partial charge in [-0.1, -0.05) is 0 Å². The molecular formula is C18H25FN4O3. The fraction of sp³-hybridized carbons (Fsp3) is 0.556. The van der Waals surface area contributed by atoms with E-state index in [0.717, 1.165) is 19.2 Å². The number of halogens is 1. The van der Waals surface area contributed by atoms with Gasteiger partial charge in [0.25, 0.3) is 0 Å². The van der Waals surface area contributed by atoms with Crippen molar-refractivity contribution in [2.75, 3.05) is 40.0 Å². The lowest BCUT2D eigenvalue weighted by atomic mass is 9.91. The highest BCUT2D eigenvalue weighted by Gasteiger charge is 2.29. The van der Waals surface area contributed by atoms with E-state index in [9.17, 15) is 14.6 Å². The summed E-state index contributed by atoms with van der Waals surface area (Å²) in [4.78, 5) is 10.5. The molecule has 3 atom stereocenters. The van der Waals surface area contributed by atoms with E-state index in [-0.39, 0.29) is 25.2 Å². The van der Waals surface area contributed by atoms with Gasteiger partial charge in [0.1, 0.15) is 5.82 Å². The molecule has 0 spiro atoms. The molecule has 1 fully saturated rings. The molecule has 0 radical (unpaired) electrons. The summed E-state index contributed by atoms with van der Waals surface area (Å²) in [6, 6.07) is 3.36. The Hall–Kier alpha value is -1.87. The van der Waals surface area contributed by atoms with Gasteiger partial charge in [0.2, 0.25) is 5.88 Å². The number of fused-ring (bicyclic) bond motifs is 1. The van der Waals surface area contributed by atoms with Crippen LogP contribution in [0.25, 0.3) is 11.0 Å². The van der Waals surface area contributed by atoms with Crippen molar-refractivity contribution in [2.24, 2.45) is 11.7 Å². The van der Waals surface area contributed by atoms with E-state index in [2.05, 4.69) is 14.9 Å². The van der Waals surface area contributed by atoms with E-state index < -0.39 is 11.7 Å². The van der Waals surface area contributed by atoms with E-state index in [0.29, 0.717) is 35.6 Å². The van der Waals surface area contributed by atoms with E-state index >= 15 is 0 Å². The third-order valence-corrected chi connectivity index (χ3v) is 5.11. The van der Waals surface area contributed by atoms with Gasteiger partial charge in [-0.05, 0) is 19.0 Å². The Bertz CT molecular complexity index is 761. The number of nitrogens with zero attached hydrogens (tertiary/aromatic N) is 3. The maximum Gasteiger partial charge on any atom is 0.213 e. The number of hydrogen-bond acceptors (Lipinski definition) is 7. The number of pyridine rings is 2. The first kappa shape index (κ1) is 18.9. The molecule has 0 amide bonds. The maximum absolute atomic E-state index is 14.6. The van der Waals surface area contributed by atoms with Crippen LogP contribution in [0.5, 0.6) is 5.88 Å². The van der Waals surface area contributed by atoms with Gasteiger partial charge in [0.05, 0.1) is 30.9 Å². The van der Waals surface area contributed by atoms with Crippen LogP contribution in [0.3, 0.4) is 0 Å². The van der Waals surface area contributed by atoms with Gasteiger partial charge in [-0.15, -0.1) is 0 Å². The maximum atomic E-state index is 14.6. The zero-order valence-electron chi connectivity index (χ0n) is 14.8. The molecule has 8 heteroatoms. The molecule has 2 aromatic heterocycles. The van der Waals surface area contributed by atoms with Gasteiger partial charge in [0, 0.05) is 49.2 Å². The molecule has 0 saturated carbocycles. The van der Waals surface area contributed by atoms with Crippen molar-refractivity contribution in [1.29, 1.82) is 0 Å². The largest absolute Gasteiger partial charge is 0.481 e. The predicted molar refractivity (Wildman–Crippen MR) is 95.5 cm³/mol. The minimum Gasteiger partial charge on any atom is -0.481 e. The van der Waals surface area contributed by atoms with Crippen LogP contribution in [-0.2, 0) is 0 Å². The molecule has 26 heavy (non-hydrogen) atoms. The lowest BCUT2D eigenvalue weighted by Gasteiger charge is -2.37. The second kappa shape index (κ2) is 8.22. The molecule has 1 aliphatic heterocycles. The standard InChI is InChI=1S/C18H25FN4O3/c1-26-16-3-2-15-18(22-16)17(13(19)6-21-15)12(10-25)8-23-5-4-14(20)11(7-23)9-24/h2-3,6,11-12,14,24-25H,4-5,7-10,20H2,1H3/t11-,12?,14-/m0/s1. The molecule has 1 unspecified atom stereocenters. The zero-order chi connectivity index (χ0) is 18.7. The van der Waals surface area contributed by atoms with Crippen LogP contribution in [0.1, 0.15) is 17.9 Å².